The third-order valence-electron chi connectivity index (χ3n) is 6.91. The van der Waals surface area contributed by atoms with Crippen LogP contribution in [-0.2, 0) is 0 Å². The van der Waals surface area contributed by atoms with E-state index in [2.05, 4.69) is 133 Å². The van der Waals surface area contributed by atoms with E-state index in [-0.39, 0.29) is 0 Å². The normalized spacial score (nSPS) is 11.4. The maximum absolute atomic E-state index is 2.32. The molecule has 7 rings (SSSR count). The summed E-state index contributed by atoms with van der Waals surface area (Å²) in [5, 5.41) is 7.78. The van der Waals surface area contributed by atoms with Gasteiger partial charge in [0.2, 0.25) is 0 Å². The summed E-state index contributed by atoms with van der Waals surface area (Å²) in [6.45, 7) is 0. The van der Waals surface area contributed by atoms with Crippen molar-refractivity contribution in [1.82, 2.24) is 0 Å². The number of thiophene rings is 1. The van der Waals surface area contributed by atoms with Gasteiger partial charge in [-0.15, -0.1) is 11.3 Å². The summed E-state index contributed by atoms with van der Waals surface area (Å²) >= 11 is 1.86. The molecule has 0 atom stereocenters. The molecule has 0 aliphatic carbocycles. The predicted octanol–water partition coefficient (Wildman–Crippen LogP) is 10.2. The standard InChI is InChI=1S/C34H22S/c1-3-9-29-23(6-1)8-5-11-31(29)25-12-15-26(16-13-25)33-20-21-34(35-33)28-18-19-32-27(22-28)17-14-24-7-2-4-10-30(24)32/h1-22H. The Morgan fingerprint density at radius 1 is 0.343 bits per heavy atom. The molecule has 1 heteroatoms. The van der Waals surface area contributed by atoms with Gasteiger partial charge in [0, 0.05) is 9.75 Å². The lowest BCUT2D eigenvalue weighted by Crippen LogP contribution is -1.81. The van der Waals surface area contributed by atoms with Crippen LogP contribution in [0.4, 0.5) is 0 Å². The molecule has 164 valence electrons. The van der Waals surface area contributed by atoms with Crippen molar-refractivity contribution in [3.63, 3.8) is 0 Å². The summed E-state index contributed by atoms with van der Waals surface area (Å²) < 4.78 is 0. The molecular formula is C34H22S. The van der Waals surface area contributed by atoms with Crippen molar-refractivity contribution in [2.24, 2.45) is 0 Å². The van der Waals surface area contributed by atoms with Gasteiger partial charge in [0.25, 0.3) is 0 Å². The van der Waals surface area contributed by atoms with Gasteiger partial charge in [-0.2, -0.15) is 0 Å². The Hall–Kier alpha value is -4.20. The van der Waals surface area contributed by atoms with Gasteiger partial charge in [0.1, 0.15) is 0 Å². The Morgan fingerprint density at radius 2 is 0.914 bits per heavy atom. The van der Waals surface area contributed by atoms with Crippen LogP contribution in [0.15, 0.2) is 133 Å². The molecule has 0 bridgehead atoms. The third-order valence-corrected chi connectivity index (χ3v) is 8.09. The topological polar surface area (TPSA) is 0 Å². The first-order chi connectivity index (χ1) is 17.3. The van der Waals surface area contributed by atoms with Gasteiger partial charge >= 0.3 is 0 Å². The van der Waals surface area contributed by atoms with Crippen LogP contribution < -0.4 is 0 Å². The van der Waals surface area contributed by atoms with Crippen LogP contribution in [-0.4, -0.2) is 0 Å². The van der Waals surface area contributed by atoms with E-state index in [0.717, 1.165) is 0 Å². The molecule has 0 saturated heterocycles. The van der Waals surface area contributed by atoms with E-state index in [1.165, 1.54) is 64.3 Å². The van der Waals surface area contributed by atoms with Gasteiger partial charge in [-0.1, -0.05) is 115 Å². The lowest BCUT2D eigenvalue weighted by atomic mass is 9.97. The molecule has 0 unspecified atom stereocenters. The Morgan fingerprint density at radius 3 is 1.74 bits per heavy atom. The molecule has 0 saturated carbocycles. The van der Waals surface area contributed by atoms with Gasteiger partial charge in [-0.05, 0) is 72.8 Å². The number of fused-ring (bicyclic) bond motifs is 4. The van der Waals surface area contributed by atoms with Gasteiger partial charge in [0.05, 0.1) is 0 Å². The fraction of sp³-hybridized carbons (Fsp3) is 0. The minimum Gasteiger partial charge on any atom is -0.135 e. The second-order valence-electron chi connectivity index (χ2n) is 8.99. The highest BCUT2D eigenvalue weighted by Gasteiger charge is 2.09. The maximum atomic E-state index is 2.32. The van der Waals surface area contributed by atoms with Gasteiger partial charge in [-0.3, -0.25) is 0 Å². The van der Waals surface area contributed by atoms with Crippen LogP contribution in [0.5, 0.6) is 0 Å². The highest BCUT2D eigenvalue weighted by molar-refractivity contribution is 7.18. The molecule has 6 aromatic carbocycles. The van der Waals surface area contributed by atoms with Crippen LogP contribution in [0, 0.1) is 0 Å². The van der Waals surface area contributed by atoms with Gasteiger partial charge in [0.15, 0.2) is 0 Å². The largest absolute Gasteiger partial charge is 0.135 e. The van der Waals surface area contributed by atoms with Crippen molar-refractivity contribution in [2.75, 3.05) is 0 Å². The minimum absolute atomic E-state index is 1.25. The Bertz CT molecular complexity index is 1830. The molecule has 0 nitrogen and oxygen atoms in total. The number of benzene rings is 6. The molecule has 35 heavy (non-hydrogen) atoms. The van der Waals surface area contributed by atoms with Gasteiger partial charge in [-0.25, -0.2) is 0 Å². The summed E-state index contributed by atoms with van der Waals surface area (Å²) in [6.07, 6.45) is 0. The van der Waals surface area contributed by atoms with Crippen molar-refractivity contribution >= 4 is 43.7 Å². The van der Waals surface area contributed by atoms with Crippen LogP contribution in [0.25, 0.3) is 64.3 Å². The van der Waals surface area contributed by atoms with Crippen LogP contribution in [0.2, 0.25) is 0 Å². The molecule has 0 amide bonds. The van der Waals surface area contributed by atoms with E-state index in [4.69, 9.17) is 0 Å². The van der Waals surface area contributed by atoms with Crippen LogP contribution >= 0.6 is 11.3 Å². The second kappa shape index (κ2) is 8.23. The Kier molecular flexibility index (Phi) is 4.75. The van der Waals surface area contributed by atoms with Crippen molar-refractivity contribution in [3.05, 3.63) is 133 Å². The Labute approximate surface area is 208 Å². The zero-order chi connectivity index (χ0) is 23.2. The highest BCUT2D eigenvalue weighted by Crippen LogP contribution is 2.38. The van der Waals surface area contributed by atoms with Gasteiger partial charge < -0.3 is 0 Å². The maximum Gasteiger partial charge on any atom is 0.0349 e. The van der Waals surface area contributed by atoms with E-state index in [1.54, 1.807) is 0 Å². The predicted molar refractivity (Wildman–Crippen MR) is 153 cm³/mol. The van der Waals surface area contributed by atoms with E-state index in [1.807, 2.05) is 11.3 Å². The van der Waals surface area contributed by atoms with Crippen molar-refractivity contribution in [3.8, 4) is 32.0 Å². The summed E-state index contributed by atoms with van der Waals surface area (Å²) in [6, 6.07) is 48.5. The lowest BCUT2D eigenvalue weighted by Gasteiger charge is -2.08. The van der Waals surface area contributed by atoms with Crippen LogP contribution in [0.1, 0.15) is 0 Å². The van der Waals surface area contributed by atoms with Crippen LogP contribution in [0.3, 0.4) is 0 Å². The fourth-order valence-corrected chi connectivity index (χ4v) is 6.11. The molecule has 0 spiro atoms. The quantitative estimate of drug-likeness (QED) is 0.229. The van der Waals surface area contributed by atoms with E-state index in [0.29, 0.717) is 0 Å². The zero-order valence-electron chi connectivity index (χ0n) is 19.1. The van der Waals surface area contributed by atoms with E-state index >= 15 is 0 Å². The molecule has 0 N–H and O–H groups in total. The Balaban J connectivity index is 1.22. The summed E-state index contributed by atoms with van der Waals surface area (Å²) in [4.78, 5) is 2.59. The second-order valence-corrected chi connectivity index (χ2v) is 10.1. The molecule has 1 aromatic heterocycles. The minimum atomic E-state index is 1.25. The fourth-order valence-electron chi connectivity index (χ4n) is 5.11. The molecule has 0 aliphatic rings. The third kappa shape index (κ3) is 3.53. The SMILES string of the molecule is c1ccc2c(-c3ccc(-c4ccc(-c5ccc6c(ccc7ccccc76)c5)s4)cc3)cccc2c1. The first kappa shape index (κ1) is 20.2. The zero-order valence-corrected chi connectivity index (χ0v) is 19.9. The molecule has 7 aromatic rings. The highest BCUT2D eigenvalue weighted by atomic mass is 32.1. The number of hydrogen-bond acceptors (Lipinski definition) is 1. The summed E-state index contributed by atoms with van der Waals surface area (Å²) in [5.74, 6) is 0. The van der Waals surface area contributed by atoms with E-state index < -0.39 is 0 Å². The molecule has 0 fully saturated rings. The van der Waals surface area contributed by atoms with Crippen molar-refractivity contribution in [1.29, 1.82) is 0 Å². The smallest absolute Gasteiger partial charge is 0.0349 e. The molecule has 1 heterocycles. The molecular weight excluding hydrogens is 440 g/mol. The molecule has 0 radical (unpaired) electrons. The van der Waals surface area contributed by atoms with Crippen molar-refractivity contribution in [2.45, 2.75) is 0 Å². The number of rotatable bonds is 3. The number of hydrogen-bond donors (Lipinski definition) is 0. The average Bonchev–Trinajstić information content (AvgIpc) is 3.43. The average molecular weight is 463 g/mol. The van der Waals surface area contributed by atoms with Crippen molar-refractivity contribution < 1.29 is 0 Å². The first-order valence-electron chi connectivity index (χ1n) is 11.9. The molecule has 0 aliphatic heterocycles. The lowest BCUT2D eigenvalue weighted by molar-refractivity contribution is 1.65. The summed E-state index contributed by atoms with van der Waals surface area (Å²) in [7, 11) is 0. The first-order valence-corrected chi connectivity index (χ1v) is 12.8. The monoisotopic (exact) mass is 462 g/mol. The summed E-state index contributed by atoms with van der Waals surface area (Å²) in [5.41, 5.74) is 5.07. The van der Waals surface area contributed by atoms with E-state index in [9.17, 15) is 0 Å².